The Hall–Kier alpha value is -1.30. The van der Waals surface area contributed by atoms with Crippen molar-refractivity contribution >= 4 is 12.0 Å². The van der Waals surface area contributed by atoms with Gasteiger partial charge in [0.25, 0.3) is 0 Å². The maximum absolute atomic E-state index is 12.4. The average molecular weight is 284 g/mol. The minimum absolute atomic E-state index is 0.0527. The highest BCUT2D eigenvalue weighted by molar-refractivity contribution is 5.74. The van der Waals surface area contributed by atoms with Crippen LogP contribution in [0, 0.1) is 5.92 Å². The molecule has 1 unspecified atom stereocenters. The number of hydrogen-bond donors (Lipinski definition) is 2. The minimum atomic E-state index is -0.765. The van der Waals surface area contributed by atoms with E-state index in [-0.39, 0.29) is 18.6 Å². The molecular formula is C14H24N2O4. The lowest BCUT2D eigenvalue weighted by Crippen LogP contribution is -2.50. The molecule has 0 aromatic rings. The fourth-order valence-corrected chi connectivity index (χ4v) is 3.06. The molecule has 2 N–H and O–H groups in total. The number of amides is 2. The van der Waals surface area contributed by atoms with Crippen molar-refractivity contribution < 1.29 is 19.8 Å². The molecule has 2 aliphatic heterocycles. The van der Waals surface area contributed by atoms with Gasteiger partial charge in [0.1, 0.15) is 0 Å². The van der Waals surface area contributed by atoms with Crippen LogP contribution in [0.25, 0.3) is 0 Å². The number of aliphatic carboxylic acids is 1. The van der Waals surface area contributed by atoms with E-state index in [1.165, 1.54) is 0 Å². The monoisotopic (exact) mass is 284 g/mol. The lowest BCUT2D eigenvalue weighted by atomic mass is 9.93. The van der Waals surface area contributed by atoms with Gasteiger partial charge in [0.15, 0.2) is 0 Å². The van der Waals surface area contributed by atoms with Crippen molar-refractivity contribution in [3.63, 3.8) is 0 Å². The van der Waals surface area contributed by atoms with Gasteiger partial charge in [-0.1, -0.05) is 0 Å². The van der Waals surface area contributed by atoms with Crippen LogP contribution in [-0.2, 0) is 4.79 Å². The number of carboxylic acids is 1. The van der Waals surface area contributed by atoms with E-state index in [0.717, 1.165) is 19.4 Å². The zero-order chi connectivity index (χ0) is 14.5. The summed E-state index contributed by atoms with van der Waals surface area (Å²) in [5, 5.41) is 18.2. The number of nitrogens with zero attached hydrogens (tertiary/aromatic N) is 2. The van der Waals surface area contributed by atoms with Crippen LogP contribution < -0.4 is 0 Å². The van der Waals surface area contributed by atoms with E-state index < -0.39 is 5.97 Å². The van der Waals surface area contributed by atoms with Crippen molar-refractivity contribution in [3.05, 3.63) is 0 Å². The van der Waals surface area contributed by atoms with Gasteiger partial charge in [-0.05, 0) is 38.0 Å². The normalized spacial score (nSPS) is 24.8. The second kappa shape index (κ2) is 6.92. The van der Waals surface area contributed by atoms with Crippen LogP contribution in [0.1, 0.15) is 38.5 Å². The summed E-state index contributed by atoms with van der Waals surface area (Å²) in [7, 11) is 0. The van der Waals surface area contributed by atoms with Gasteiger partial charge in [-0.3, -0.25) is 4.79 Å². The van der Waals surface area contributed by atoms with Crippen molar-refractivity contribution in [3.8, 4) is 0 Å². The molecule has 2 rings (SSSR count). The zero-order valence-electron chi connectivity index (χ0n) is 11.8. The summed E-state index contributed by atoms with van der Waals surface area (Å²) >= 11 is 0. The highest BCUT2D eigenvalue weighted by Gasteiger charge is 2.29. The van der Waals surface area contributed by atoms with Crippen LogP contribution in [0.3, 0.4) is 0 Å². The number of carbonyl (C=O) groups excluding carboxylic acids is 1. The summed E-state index contributed by atoms with van der Waals surface area (Å²) in [6, 6.07) is 0.0527. The quantitative estimate of drug-likeness (QED) is 0.814. The molecule has 0 saturated carbocycles. The molecule has 0 radical (unpaired) electrons. The van der Waals surface area contributed by atoms with Gasteiger partial charge in [-0.25, -0.2) is 4.79 Å². The van der Waals surface area contributed by atoms with E-state index in [1.54, 1.807) is 0 Å². The number of carbonyl (C=O) groups is 2. The molecule has 0 bridgehead atoms. The Balaban J connectivity index is 1.81. The van der Waals surface area contributed by atoms with Crippen molar-refractivity contribution in [1.82, 2.24) is 9.80 Å². The van der Waals surface area contributed by atoms with E-state index in [0.29, 0.717) is 44.8 Å². The fraction of sp³-hybridized carbons (Fsp3) is 0.857. The summed E-state index contributed by atoms with van der Waals surface area (Å²) in [5.41, 5.74) is 0. The second-order valence-corrected chi connectivity index (χ2v) is 5.89. The largest absolute Gasteiger partial charge is 0.481 e. The van der Waals surface area contributed by atoms with E-state index >= 15 is 0 Å². The number of aliphatic hydroxyl groups excluding tert-OH is 1. The Labute approximate surface area is 119 Å². The number of urea groups is 1. The molecule has 114 valence electrons. The summed E-state index contributed by atoms with van der Waals surface area (Å²) in [5.74, 6) is -0.461. The first-order chi connectivity index (χ1) is 9.56. The minimum Gasteiger partial charge on any atom is -0.481 e. The third kappa shape index (κ3) is 4.10. The molecule has 20 heavy (non-hydrogen) atoms. The Kier molecular flexibility index (Phi) is 5.23. The van der Waals surface area contributed by atoms with Crippen LogP contribution in [0.4, 0.5) is 4.79 Å². The molecule has 6 heteroatoms. The van der Waals surface area contributed by atoms with Gasteiger partial charge in [-0.15, -0.1) is 0 Å². The SMILES string of the molecule is O=C(O)CCC1CCCN(C(=O)N2CCC(O)CC2)C1. The molecule has 2 amide bonds. The summed E-state index contributed by atoms with van der Waals surface area (Å²) in [6.07, 6.45) is 3.83. The maximum atomic E-state index is 12.4. The standard InChI is InChI=1S/C14H24N2O4/c17-12-5-8-15(9-6-12)14(20)16-7-1-2-11(10-16)3-4-13(18)19/h11-12,17H,1-10H2,(H,18,19). The van der Waals surface area contributed by atoms with E-state index in [9.17, 15) is 14.7 Å². The third-order valence-electron chi connectivity index (χ3n) is 4.29. The molecule has 2 saturated heterocycles. The molecule has 0 aromatic carbocycles. The van der Waals surface area contributed by atoms with E-state index in [1.807, 2.05) is 9.80 Å². The summed E-state index contributed by atoms with van der Waals surface area (Å²) in [6.45, 7) is 2.68. The maximum Gasteiger partial charge on any atom is 0.320 e. The van der Waals surface area contributed by atoms with Gasteiger partial charge in [0.05, 0.1) is 6.10 Å². The molecule has 0 aliphatic carbocycles. The van der Waals surface area contributed by atoms with Crippen LogP contribution >= 0.6 is 0 Å². The molecule has 2 heterocycles. The predicted octanol–water partition coefficient (Wildman–Crippen LogP) is 1.14. The van der Waals surface area contributed by atoms with Crippen molar-refractivity contribution in [2.75, 3.05) is 26.2 Å². The van der Waals surface area contributed by atoms with E-state index in [2.05, 4.69) is 0 Å². The van der Waals surface area contributed by atoms with Crippen molar-refractivity contribution in [1.29, 1.82) is 0 Å². The third-order valence-corrected chi connectivity index (χ3v) is 4.29. The molecule has 0 spiro atoms. The highest BCUT2D eigenvalue weighted by atomic mass is 16.4. The van der Waals surface area contributed by atoms with Crippen molar-refractivity contribution in [2.45, 2.75) is 44.6 Å². The Morgan fingerprint density at radius 2 is 1.75 bits per heavy atom. The number of likely N-dealkylation sites (tertiary alicyclic amines) is 2. The zero-order valence-corrected chi connectivity index (χ0v) is 11.8. The Morgan fingerprint density at radius 3 is 2.40 bits per heavy atom. The van der Waals surface area contributed by atoms with Crippen LogP contribution in [0.5, 0.6) is 0 Å². The fourth-order valence-electron chi connectivity index (χ4n) is 3.06. The molecule has 2 fully saturated rings. The van der Waals surface area contributed by atoms with Gasteiger partial charge < -0.3 is 20.0 Å². The molecule has 6 nitrogen and oxygen atoms in total. The van der Waals surface area contributed by atoms with Gasteiger partial charge in [0.2, 0.25) is 0 Å². The number of rotatable bonds is 3. The van der Waals surface area contributed by atoms with E-state index in [4.69, 9.17) is 5.11 Å². The first-order valence-electron chi connectivity index (χ1n) is 7.50. The average Bonchev–Trinajstić information content (AvgIpc) is 2.45. The molecular weight excluding hydrogens is 260 g/mol. The number of aliphatic hydroxyl groups is 1. The van der Waals surface area contributed by atoms with Crippen LogP contribution in [-0.4, -0.2) is 64.3 Å². The summed E-state index contributed by atoms with van der Waals surface area (Å²) in [4.78, 5) is 26.7. The number of hydrogen-bond acceptors (Lipinski definition) is 3. The first kappa shape index (κ1) is 15.1. The lowest BCUT2D eigenvalue weighted by Gasteiger charge is -2.38. The molecule has 0 aromatic heterocycles. The van der Waals surface area contributed by atoms with Crippen LogP contribution in [0.15, 0.2) is 0 Å². The highest BCUT2D eigenvalue weighted by Crippen LogP contribution is 2.23. The predicted molar refractivity (Wildman–Crippen MR) is 73.4 cm³/mol. The smallest absolute Gasteiger partial charge is 0.320 e. The molecule has 1 atom stereocenters. The van der Waals surface area contributed by atoms with Gasteiger partial charge >= 0.3 is 12.0 Å². The lowest BCUT2D eigenvalue weighted by molar-refractivity contribution is -0.137. The van der Waals surface area contributed by atoms with Gasteiger partial charge in [-0.2, -0.15) is 0 Å². The molecule has 2 aliphatic rings. The first-order valence-corrected chi connectivity index (χ1v) is 7.50. The van der Waals surface area contributed by atoms with Gasteiger partial charge in [0, 0.05) is 32.6 Å². The summed E-state index contributed by atoms with van der Waals surface area (Å²) < 4.78 is 0. The number of carboxylic acid groups (broad SMARTS) is 1. The number of piperidine rings is 2. The second-order valence-electron chi connectivity index (χ2n) is 5.89. The topological polar surface area (TPSA) is 81.1 Å². The van der Waals surface area contributed by atoms with Crippen molar-refractivity contribution in [2.24, 2.45) is 5.92 Å². The van der Waals surface area contributed by atoms with Crippen LogP contribution in [0.2, 0.25) is 0 Å². The Bertz CT molecular complexity index is 353. The Morgan fingerprint density at radius 1 is 1.05 bits per heavy atom.